The van der Waals surface area contributed by atoms with Gasteiger partial charge >= 0.3 is 0 Å². The molecular formula is C16H19BrN4. The van der Waals surface area contributed by atoms with Gasteiger partial charge in [0.05, 0.1) is 10.2 Å². The largest absolute Gasteiger partial charge is 0.372 e. The van der Waals surface area contributed by atoms with Crippen LogP contribution in [0.15, 0.2) is 22.8 Å². The normalized spacial score (nSPS) is 15.4. The summed E-state index contributed by atoms with van der Waals surface area (Å²) in [6.45, 7) is 2.04. The molecule has 3 rings (SSSR count). The van der Waals surface area contributed by atoms with Gasteiger partial charge in [-0.3, -0.25) is 4.98 Å². The van der Waals surface area contributed by atoms with Crippen molar-refractivity contribution in [2.75, 3.05) is 12.4 Å². The molecule has 1 saturated carbocycles. The fraction of sp³-hybridized carbons (Fsp3) is 0.438. The molecule has 1 N–H and O–H groups in total. The molecule has 2 aromatic rings. The van der Waals surface area contributed by atoms with E-state index in [1.165, 1.54) is 25.7 Å². The summed E-state index contributed by atoms with van der Waals surface area (Å²) in [6, 6.07) is 3.98. The molecule has 0 saturated heterocycles. The van der Waals surface area contributed by atoms with Crippen LogP contribution in [-0.2, 0) is 0 Å². The Morgan fingerprint density at radius 3 is 2.67 bits per heavy atom. The zero-order valence-electron chi connectivity index (χ0n) is 12.4. The van der Waals surface area contributed by atoms with Crippen molar-refractivity contribution < 1.29 is 0 Å². The van der Waals surface area contributed by atoms with E-state index in [1.807, 2.05) is 26.1 Å². The van der Waals surface area contributed by atoms with E-state index in [0.29, 0.717) is 11.7 Å². The van der Waals surface area contributed by atoms with Crippen molar-refractivity contribution in [3.63, 3.8) is 0 Å². The fourth-order valence-electron chi connectivity index (χ4n) is 2.93. The Morgan fingerprint density at radius 1 is 1.24 bits per heavy atom. The van der Waals surface area contributed by atoms with Crippen LogP contribution in [0.4, 0.5) is 5.82 Å². The summed E-state index contributed by atoms with van der Waals surface area (Å²) in [7, 11) is 1.89. The van der Waals surface area contributed by atoms with E-state index in [1.54, 1.807) is 6.20 Å². The topological polar surface area (TPSA) is 50.7 Å². The van der Waals surface area contributed by atoms with E-state index in [-0.39, 0.29) is 0 Å². The van der Waals surface area contributed by atoms with Crippen molar-refractivity contribution in [1.29, 1.82) is 0 Å². The maximum atomic E-state index is 4.83. The Hall–Kier alpha value is -1.49. The molecule has 0 aliphatic heterocycles. The molecule has 21 heavy (non-hydrogen) atoms. The average Bonchev–Trinajstić information content (AvgIpc) is 3.02. The molecule has 0 spiro atoms. The predicted octanol–water partition coefficient (Wildman–Crippen LogP) is 4.31. The molecule has 2 aromatic heterocycles. The van der Waals surface area contributed by atoms with Crippen LogP contribution in [0.25, 0.3) is 11.5 Å². The molecule has 1 fully saturated rings. The van der Waals surface area contributed by atoms with Gasteiger partial charge in [0.1, 0.15) is 11.5 Å². The van der Waals surface area contributed by atoms with Gasteiger partial charge in [0.25, 0.3) is 0 Å². The van der Waals surface area contributed by atoms with Crippen molar-refractivity contribution in [2.24, 2.45) is 0 Å². The quantitative estimate of drug-likeness (QED) is 0.899. The van der Waals surface area contributed by atoms with Gasteiger partial charge in [-0.05, 0) is 47.3 Å². The number of hydrogen-bond donors (Lipinski definition) is 1. The fourth-order valence-corrected chi connectivity index (χ4v) is 3.62. The Morgan fingerprint density at radius 2 is 2.00 bits per heavy atom. The summed E-state index contributed by atoms with van der Waals surface area (Å²) < 4.78 is 0.995. The first kappa shape index (κ1) is 14.4. The van der Waals surface area contributed by atoms with Gasteiger partial charge in [-0.1, -0.05) is 18.9 Å². The van der Waals surface area contributed by atoms with Crippen molar-refractivity contribution in [2.45, 2.75) is 38.5 Å². The lowest BCUT2D eigenvalue weighted by Gasteiger charge is -2.15. The van der Waals surface area contributed by atoms with E-state index in [9.17, 15) is 0 Å². The summed E-state index contributed by atoms with van der Waals surface area (Å²) in [5.41, 5.74) is 3.08. The third-order valence-corrected chi connectivity index (χ3v) is 4.86. The zero-order chi connectivity index (χ0) is 14.8. The Balaban J connectivity index is 2.13. The summed E-state index contributed by atoms with van der Waals surface area (Å²) in [5, 5.41) is 3.16. The second-order valence-electron chi connectivity index (χ2n) is 5.50. The van der Waals surface area contributed by atoms with Gasteiger partial charge in [0.2, 0.25) is 0 Å². The van der Waals surface area contributed by atoms with Crippen LogP contribution in [0, 0.1) is 6.92 Å². The molecule has 0 amide bonds. The highest BCUT2D eigenvalue weighted by molar-refractivity contribution is 9.10. The van der Waals surface area contributed by atoms with E-state index in [4.69, 9.17) is 4.98 Å². The molecule has 2 heterocycles. The summed E-state index contributed by atoms with van der Waals surface area (Å²) >= 11 is 3.67. The van der Waals surface area contributed by atoms with Gasteiger partial charge in [0.15, 0.2) is 5.82 Å². The lowest BCUT2D eigenvalue weighted by Crippen LogP contribution is -2.07. The second-order valence-corrected chi connectivity index (χ2v) is 6.29. The predicted molar refractivity (Wildman–Crippen MR) is 88.5 cm³/mol. The third-order valence-electron chi connectivity index (χ3n) is 4.08. The minimum Gasteiger partial charge on any atom is -0.372 e. The van der Waals surface area contributed by atoms with E-state index in [2.05, 4.69) is 31.2 Å². The van der Waals surface area contributed by atoms with Gasteiger partial charge < -0.3 is 5.32 Å². The van der Waals surface area contributed by atoms with Crippen molar-refractivity contribution in [3.8, 4) is 11.5 Å². The number of hydrogen-bond acceptors (Lipinski definition) is 4. The number of nitrogens with one attached hydrogen (secondary N) is 1. The monoisotopic (exact) mass is 346 g/mol. The zero-order valence-corrected chi connectivity index (χ0v) is 13.9. The minimum atomic E-state index is 0.525. The van der Waals surface area contributed by atoms with E-state index >= 15 is 0 Å². The van der Waals surface area contributed by atoms with Gasteiger partial charge in [-0.2, -0.15) is 0 Å². The molecule has 0 unspecified atom stereocenters. The molecule has 0 radical (unpaired) electrons. The van der Waals surface area contributed by atoms with Crippen molar-refractivity contribution in [1.82, 2.24) is 15.0 Å². The van der Waals surface area contributed by atoms with Crippen LogP contribution in [0.1, 0.15) is 42.9 Å². The summed E-state index contributed by atoms with van der Waals surface area (Å²) in [6.07, 6.45) is 6.78. The summed E-state index contributed by atoms with van der Waals surface area (Å²) in [4.78, 5) is 13.9. The Kier molecular flexibility index (Phi) is 4.19. The molecule has 0 atom stereocenters. The minimum absolute atomic E-state index is 0.525. The van der Waals surface area contributed by atoms with Crippen LogP contribution < -0.4 is 5.32 Å². The first-order chi connectivity index (χ1) is 10.2. The molecule has 110 valence electrons. The maximum absolute atomic E-state index is 4.83. The number of pyridine rings is 1. The van der Waals surface area contributed by atoms with Crippen LogP contribution in [0.3, 0.4) is 0 Å². The maximum Gasteiger partial charge on any atom is 0.180 e. The van der Waals surface area contributed by atoms with Gasteiger partial charge in [0, 0.05) is 19.2 Å². The highest BCUT2D eigenvalue weighted by Gasteiger charge is 2.24. The van der Waals surface area contributed by atoms with Gasteiger partial charge in [-0.15, -0.1) is 0 Å². The second kappa shape index (κ2) is 6.10. The number of aromatic nitrogens is 3. The lowest BCUT2D eigenvalue weighted by molar-refractivity contribution is 0.691. The SMILES string of the molecule is CNc1nc(-c2ncccc2C)nc(C2CCCC2)c1Br. The first-order valence-corrected chi connectivity index (χ1v) is 8.17. The van der Waals surface area contributed by atoms with Crippen molar-refractivity contribution >= 4 is 21.7 Å². The van der Waals surface area contributed by atoms with Crippen molar-refractivity contribution in [3.05, 3.63) is 34.1 Å². The highest BCUT2D eigenvalue weighted by atomic mass is 79.9. The van der Waals surface area contributed by atoms with Gasteiger partial charge in [-0.25, -0.2) is 9.97 Å². The third kappa shape index (κ3) is 2.79. The van der Waals surface area contributed by atoms with Crippen LogP contribution in [0.2, 0.25) is 0 Å². The number of nitrogens with zero attached hydrogens (tertiary/aromatic N) is 3. The molecule has 0 aromatic carbocycles. The molecule has 1 aliphatic rings. The van der Waals surface area contributed by atoms with Crippen LogP contribution in [0.5, 0.6) is 0 Å². The standard InChI is InChI=1S/C16H19BrN4/c1-10-6-5-9-19-13(10)16-20-14(11-7-3-4-8-11)12(17)15(18-2)21-16/h5-6,9,11H,3-4,7-8H2,1-2H3,(H,18,20,21). The number of aryl methyl sites for hydroxylation is 1. The Bertz CT molecular complexity index is 651. The average molecular weight is 347 g/mol. The Labute approximate surface area is 133 Å². The molecule has 4 nitrogen and oxygen atoms in total. The van der Waals surface area contributed by atoms with Crippen LogP contribution in [-0.4, -0.2) is 22.0 Å². The molecule has 5 heteroatoms. The first-order valence-electron chi connectivity index (χ1n) is 7.38. The molecular weight excluding hydrogens is 328 g/mol. The van der Waals surface area contributed by atoms with E-state index < -0.39 is 0 Å². The number of rotatable bonds is 3. The number of anilines is 1. The van der Waals surface area contributed by atoms with E-state index in [0.717, 1.165) is 27.2 Å². The molecule has 0 bridgehead atoms. The highest BCUT2D eigenvalue weighted by Crippen LogP contribution is 2.39. The smallest absolute Gasteiger partial charge is 0.180 e. The lowest BCUT2D eigenvalue weighted by atomic mass is 10.0. The number of halogens is 1. The summed E-state index contributed by atoms with van der Waals surface area (Å²) in [5.74, 6) is 2.08. The molecule has 1 aliphatic carbocycles. The van der Waals surface area contributed by atoms with Crippen LogP contribution >= 0.6 is 15.9 Å².